The number of hydrogen-bond acceptors (Lipinski definition) is 1. The zero-order valence-electron chi connectivity index (χ0n) is 16.8. The molecule has 0 amide bonds. The molecule has 1 nitrogen and oxygen atoms in total. The Bertz CT molecular complexity index is 1040. The van der Waals surface area contributed by atoms with E-state index < -0.39 is 0 Å². The molecule has 4 rings (SSSR count). The highest BCUT2D eigenvalue weighted by Gasteiger charge is 2.07. The first kappa shape index (κ1) is 18.7. The smallest absolute Gasteiger partial charge is 0.00222 e. The molecule has 0 aliphatic heterocycles. The van der Waals surface area contributed by atoms with Crippen LogP contribution in [-0.2, 0) is 12.8 Å². The van der Waals surface area contributed by atoms with Crippen molar-refractivity contribution in [1.29, 1.82) is 0 Å². The molecule has 0 unspecified atom stereocenters. The van der Waals surface area contributed by atoms with Gasteiger partial charge in [0.25, 0.3) is 0 Å². The molecule has 0 saturated heterocycles. The molecule has 0 radical (unpaired) electrons. The lowest BCUT2D eigenvalue weighted by atomic mass is 10.0. The zero-order valence-corrected chi connectivity index (χ0v) is 16.8. The molecule has 0 N–H and O–H groups in total. The van der Waals surface area contributed by atoms with Gasteiger partial charge in [-0.15, -0.1) is 0 Å². The van der Waals surface area contributed by atoms with E-state index in [1.54, 1.807) is 0 Å². The molecular formula is C27H29N. The van der Waals surface area contributed by atoms with Crippen molar-refractivity contribution < 1.29 is 0 Å². The van der Waals surface area contributed by atoms with Crippen molar-refractivity contribution in [3.63, 3.8) is 0 Å². The van der Waals surface area contributed by atoms with Gasteiger partial charge < -0.3 is 4.90 Å². The first-order valence-corrected chi connectivity index (χ1v) is 10.5. The Morgan fingerprint density at radius 3 is 2.18 bits per heavy atom. The monoisotopic (exact) mass is 367 g/mol. The number of rotatable bonds is 8. The lowest BCUT2D eigenvalue weighted by molar-refractivity contribution is 0.281. The number of nitrogens with zero attached hydrogens (tertiary/aromatic N) is 1. The molecule has 0 fully saturated rings. The van der Waals surface area contributed by atoms with Crippen LogP contribution in [0.25, 0.3) is 21.5 Å². The normalized spacial score (nSPS) is 11.5. The quantitative estimate of drug-likeness (QED) is 0.344. The highest BCUT2D eigenvalue weighted by molar-refractivity contribution is 5.85. The Balaban J connectivity index is 1.42. The van der Waals surface area contributed by atoms with Crippen molar-refractivity contribution in [3.8, 4) is 0 Å². The van der Waals surface area contributed by atoms with Gasteiger partial charge in [0.1, 0.15) is 0 Å². The average molecular weight is 368 g/mol. The highest BCUT2D eigenvalue weighted by atomic mass is 15.1. The van der Waals surface area contributed by atoms with Gasteiger partial charge in [0.15, 0.2) is 0 Å². The molecule has 0 aromatic heterocycles. The maximum Gasteiger partial charge on any atom is 0.00222 e. The summed E-state index contributed by atoms with van der Waals surface area (Å²) in [7, 11) is 0. The third kappa shape index (κ3) is 4.43. The molecule has 0 aliphatic carbocycles. The molecule has 28 heavy (non-hydrogen) atoms. The van der Waals surface area contributed by atoms with Crippen LogP contribution in [0.2, 0.25) is 0 Å². The maximum atomic E-state index is 2.62. The van der Waals surface area contributed by atoms with E-state index in [1.807, 2.05) is 0 Å². The molecule has 142 valence electrons. The van der Waals surface area contributed by atoms with Gasteiger partial charge in [-0.3, -0.25) is 0 Å². The fourth-order valence-electron chi connectivity index (χ4n) is 4.12. The van der Waals surface area contributed by atoms with Gasteiger partial charge in [-0.2, -0.15) is 0 Å². The third-order valence-electron chi connectivity index (χ3n) is 5.65. The summed E-state index contributed by atoms with van der Waals surface area (Å²) < 4.78 is 0. The summed E-state index contributed by atoms with van der Waals surface area (Å²) in [5.41, 5.74) is 2.90. The van der Waals surface area contributed by atoms with Gasteiger partial charge in [0.2, 0.25) is 0 Å². The minimum Gasteiger partial charge on any atom is -0.303 e. The van der Waals surface area contributed by atoms with E-state index in [2.05, 4.69) is 96.8 Å². The van der Waals surface area contributed by atoms with Crippen LogP contribution in [0.1, 0.15) is 24.5 Å². The van der Waals surface area contributed by atoms with Gasteiger partial charge >= 0.3 is 0 Å². The summed E-state index contributed by atoms with van der Waals surface area (Å²) in [6, 6.07) is 31.0. The van der Waals surface area contributed by atoms with Crippen LogP contribution in [-0.4, -0.2) is 24.5 Å². The van der Waals surface area contributed by atoms with E-state index in [-0.39, 0.29) is 0 Å². The topological polar surface area (TPSA) is 3.24 Å². The molecule has 0 aliphatic rings. The molecule has 4 aromatic rings. The predicted octanol–water partition coefficient (Wildman–Crippen LogP) is 6.49. The van der Waals surface area contributed by atoms with Crippen LogP contribution >= 0.6 is 0 Å². The minimum absolute atomic E-state index is 1.11. The van der Waals surface area contributed by atoms with Crippen molar-refractivity contribution in [2.45, 2.75) is 26.2 Å². The Labute approximate surface area is 168 Å². The van der Waals surface area contributed by atoms with Crippen LogP contribution in [0.3, 0.4) is 0 Å². The molecule has 0 spiro atoms. The van der Waals surface area contributed by atoms with Crippen molar-refractivity contribution in [3.05, 3.63) is 96.1 Å². The Kier molecular flexibility index (Phi) is 6.04. The molecular weight excluding hydrogens is 338 g/mol. The van der Waals surface area contributed by atoms with Crippen LogP contribution in [0.15, 0.2) is 84.9 Å². The second-order valence-electron chi connectivity index (χ2n) is 7.66. The van der Waals surface area contributed by atoms with E-state index in [9.17, 15) is 0 Å². The molecule has 0 heterocycles. The van der Waals surface area contributed by atoms with E-state index in [1.165, 1.54) is 45.6 Å². The van der Waals surface area contributed by atoms with Gasteiger partial charge in [-0.25, -0.2) is 0 Å². The summed E-state index contributed by atoms with van der Waals surface area (Å²) in [4.78, 5) is 2.62. The second-order valence-corrected chi connectivity index (χ2v) is 7.66. The number of benzene rings is 4. The fraction of sp³-hybridized carbons (Fsp3) is 0.259. The number of hydrogen-bond donors (Lipinski definition) is 0. The lowest BCUT2D eigenvalue weighted by Crippen LogP contribution is -2.29. The van der Waals surface area contributed by atoms with Crippen LogP contribution in [0.4, 0.5) is 0 Å². The van der Waals surface area contributed by atoms with Crippen molar-refractivity contribution in [1.82, 2.24) is 4.90 Å². The SMILES string of the molecule is CCCN(CCc1ccc2ccccc2c1)CCc1cccc2ccccc12. The van der Waals surface area contributed by atoms with E-state index in [0.29, 0.717) is 0 Å². The summed E-state index contributed by atoms with van der Waals surface area (Å²) in [5, 5.41) is 5.42. The Morgan fingerprint density at radius 1 is 0.607 bits per heavy atom. The summed E-state index contributed by atoms with van der Waals surface area (Å²) in [5.74, 6) is 0. The zero-order chi connectivity index (χ0) is 19.2. The Hall–Kier alpha value is -2.64. The van der Waals surface area contributed by atoms with Gasteiger partial charge in [0.05, 0.1) is 0 Å². The molecule has 0 atom stereocenters. The minimum atomic E-state index is 1.11. The first-order valence-electron chi connectivity index (χ1n) is 10.5. The van der Waals surface area contributed by atoms with Crippen LogP contribution in [0, 0.1) is 0 Å². The van der Waals surface area contributed by atoms with Crippen molar-refractivity contribution in [2.24, 2.45) is 0 Å². The van der Waals surface area contributed by atoms with Gasteiger partial charge in [-0.1, -0.05) is 91.9 Å². The molecule has 4 aromatic carbocycles. The second kappa shape index (κ2) is 9.03. The standard InChI is InChI=1S/C27H29N/c1-2-18-28(19-16-22-14-15-23-8-3-4-10-26(23)21-22)20-17-25-12-7-11-24-9-5-6-13-27(24)25/h3-15,21H,2,16-20H2,1H3. The molecule has 0 saturated carbocycles. The largest absolute Gasteiger partial charge is 0.303 e. The fourth-order valence-corrected chi connectivity index (χ4v) is 4.12. The van der Waals surface area contributed by atoms with E-state index in [0.717, 1.165) is 25.9 Å². The molecule has 0 bridgehead atoms. The maximum absolute atomic E-state index is 2.62. The van der Waals surface area contributed by atoms with Gasteiger partial charge in [-0.05, 0) is 58.5 Å². The van der Waals surface area contributed by atoms with E-state index >= 15 is 0 Å². The summed E-state index contributed by atoms with van der Waals surface area (Å²) >= 11 is 0. The van der Waals surface area contributed by atoms with Crippen molar-refractivity contribution in [2.75, 3.05) is 19.6 Å². The van der Waals surface area contributed by atoms with E-state index in [4.69, 9.17) is 0 Å². The average Bonchev–Trinajstić information content (AvgIpc) is 2.75. The van der Waals surface area contributed by atoms with Crippen LogP contribution < -0.4 is 0 Å². The van der Waals surface area contributed by atoms with Crippen molar-refractivity contribution >= 4 is 21.5 Å². The first-order chi connectivity index (χ1) is 13.8. The van der Waals surface area contributed by atoms with Gasteiger partial charge in [0, 0.05) is 13.1 Å². The third-order valence-corrected chi connectivity index (χ3v) is 5.65. The van der Waals surface area contributed by atoms with Crippen LogP contribution in [0.5, 0.6) is 0 Å². The number of fused-ring (bicyclic) bond motifs is 2. The molecule has 1 heteroatoms. The summed E-state index contributed by atoms with van der Waals surface area (Å²) in [6.45, 7) is 5.69. The predicted molar refractivity (Wildman–Crippen MR) is 122 cm³/mol. The summed E-state index contributed by atoms with van der Waals surface area (Å²) in [6.07, 6.45) is 3.42. The Morgan fingerprint density at radius 2 is 1.32 bits per heavy atom. The highest BCUT2D eigenvalue weighted by Crippen LogP contribution is 2.20. The lowest BCUT2D eigenvalue weighted by Gasteiger charge is -2.22.